The molecule has 1 saturated heterocycles. The normalized spacial score (nSPS) is 15.5. The highest BCUT2D eigenvalue weighted by atomic mass is 32.2. The highest BCUT2D eigenvalue weighted by molar-refractivity contribution is 7.89. The van der Waals surface area contributed by atoms with Crippen LogP contribution in [-0.2, 0) is 10.0 Å². The van der Waals surface area contributed by atoms with Crippen LogP contribution in [0.4, 0.5) is 10.1 Å². The monoisotopic (exact) mass is 390 g/mol. The van der Waals surface area contributed by atoms with Crippen molar-refractivity contribution < 1.29 is 17.6 Å². The zero-order valence-electron chi connectivity index (χ0n) is 15.5. The number of amides is 1. The van der Waals surface area contributed by atoms with Gasteiger partial charge in [0.2, 0.25) is 10.0 Å². The standard InChI is InChI=1S/C20H23FN2O3S/c1-14-7-6-8-15(2)19(14)22-20(24)17-13-16(9-10-18(17)21)27(25,26)23-11-4-3-5-12-23/h6-10,13H,3-5,11-12H2,1-2H3,(H,22,24). The first-order chi connectivity index (χ1) is 12.8. The van der Waals surface area contributed by atoms with E-state index in [9.17, 15) is 17.6 Å². The van der Waals surface area contributed by atoms with Crippen LogP contribution in [0.5, 0.6) is 0 Å². The molecule has 0 radical (unpaired) electrons. The van der Waals surface area contributed by atoms with Crippen LogP contribution in [0.3, 0.4) is 0 Å². The fourth-order valence-corrected chi connectivity index (χ4v) is 4.83. The number of sulfonamides is 1. The molecule has 5 nitrogen and oxygen atoms in total. The number of carbonyl (C=O) groups is 1. The summed E-state index contributed by atoms with van der Waals surface area (Å²) in [5.41, 5.74) is 2.02. The van der Waals surface area contributed by atoms with Gasteiger partial charge in [0.05, 0.1) is 10.5 Å². The van der Waals surface area contributed by atoms with Gasteiger partial charge in [0.25, 0.3) is 5.91 Å². The Balaban J connectivity index is 1.92. The van der Waals surface area contributed by atoms with E-state index in [0.29, 0.717) is 18.8 Å². The van der Waals surface area contributed by atoms with Crippen LogP contribution in [0.2, 0.25) is 0 Å². The topological polar surface area (TPSA) is 66.5 Å². The number of halogens is 1. The van der Waals surface area contributed by atoms with Gasteiger partial charge in [0, 0.05) is 18.8 Å². The predicted molar refractivity (Wildman–Crippen MR) is 103 cm³/mol. The lowest BCUT2D eigenvalue weighted by molar-refractivity contribution is 0.102. The zero-order chi connectivity index (χ0) is 19.6. The summed E-state index contributed by atoms with van der Waals surface area (Å²) in [6.07, 6.45) is 2.61. The maximum Gasteiger partial charge on any atom is 0.258 e. The summed E-state index contributed by atoms with van der Waals surface area (Å²) in [5, 5.41) is 2.71. The number of piperidine rings is 1. The molecule has 0 saturated carbocycles. The zero-order valence-corrected chi connectivity index (χ0v) is 16.3. The molecule has 0 atom stereocenters. The van der Waals surface area contributed by atoms with Crippen molar-refractivity contribution >= 4 is 21.6 Å². The molecule has 7 heteroatoms. The number of nitrogens with zero attached hydrogens (tertiary/aromatic N) is 1. The van der Waals surface area contributed by atoms with Gasteiger partial charge < -0.3 is 5.32 Å². The van der Waals surface area contributed by atoms with Crippen molar-refractivity contribution in [2.24, 2.45) is 0 Å². The molecule has 1 heterocycles. The third-order valence-electron chi connectivity index (χ3n) is 4.85. The Morgan fingerprint density at radius 3 is 2.30 bits per heavy atom. The van der Waals surface area contributed by atoms with Crippen LogP contribution in [0.1, 0.15) is 40.7 Å². The second-order valence-electron chi connectivity index (χ2n) is 6.83. The van der Waals surface area contributed by atoms with Gasteiger partial charge in [-0.15, -0.1) is 0 Å². The molecular formula is C20H23FN2O3S. The van der Waals surface area contributed by atoms with Gasteiger partial charge in [0.1, 0.15) is 5.82 Å². The quantitative estimate of drug-likeness (QED) is 0.862. The Kier molecular flexibility index (Phi) is 5.62. The van der Waals surface area contributed by atoms with E-state index >= 15 is 0 Å². The molecule has 1 fully saturated rings. The first-order valence-electron chi connectivity index (χ1n) is 8.98. The fraction of sp³-hybridized carbons (Fsp3) is 0.350. The third-order valence-corrected chi connectivity index (χ3v) is 6.75. The second kappa shape index (κ2) is 7.78. The van der Waals surface area contributed by atoms with Crippen molar-refractivity contribution in [2.45, 2.75) is 38.0 Å². The first-order valence-corrected chi connectivity index (χ1v) is 10.4. The average Bonchev–Trinajstić information content (AvgIpc) is 2.65. The minimum atomic E-state index is -3.74. The van der Waals surface area contributed by atoms with E-state index in [1.807, 2.05) is 32.0 Å². The summed E-state index contributed by atoms with van der Waals surface area (Å²) in [5.74, 6) is -1.42. The number of rotatable bonds is 4. The molecule has 0 spiro atoms. The molecule has 0 aromatic heterocycles. The smallest absolute Gasteiger partial charge is 0.258 e. The van der Waals surface area contributed by atoms with E-state index in [-0.39, 0.29) is 10.5 Å². The minimum Gasteiger partial charge on any atom is -0.321 e. The molecule has 1 aliphatic heterocycles. The number of carbonyl (C=O) groups excluding carboxylic acids is 1. The maximum absolute atomic E-state index is 14.3. The summed E-state index contributed by atoms with van der Waals surface area (Å²) in [6, 6.07) is 8.94. The largest absolute Gasteiger partial charge is 0.321 e. The van der Waals surface area contributed by atoms with E-state index < -0.39 is 21.7 Å². The van der Waals surface area contributed by atoms with Crippen LogP contribution in [-0.4, -0.2) is 31.7 Å². The van der Waals surface area contributed by atoms with E-state index in [1.165, 1.54) is 10.4 Å². The Labute approximate surface area is 159 Å². The lowest BCUT2D eigenvalue weighted by Gasteiger charge is -2.26. The predicted octanol–water partition coefficient (Wildman–Crippen LogP) is 3.87. The van der Waals surface area contributed by atoms with Crippen LogP contribution in [0.15, 0.2) is 41.3 Å². The second-order valence-corrected chi connectivity index (χ2v) is 8.77. The molecular weight excluding hydrogens is 367 g/mol. The molecule has 27 heavy (non-hydrogen) atoms. The number of benzene rings is 2. The first kappa shape index (κ1) is 19.5. The van der Waals surface area contributed by atoms with E-state index in [4.69, 9.17) is 0 Å². The Morgan fingerprint density at radius 1 is 1.04 bits per heavy atom. The molecule has 1 aliphatic rings. The van der Waals surface area contributed by atoms with Gasteiger partial charge in [-0.2, -0.15) is 4.31 Å². The van der Waals surface area contributed by atoms with Crippen molar-refractivity contribution in [3.05, 3.63) is 58.9 Å². The Hall–Kier alpha value is -2.25. The summed E-state index contributed by atoms with van der Waals surface area (Å²) in [7, 11) is -3.74. The minimum absolute atomic E-state index is 0.0579. The van der Waals surface area contributed by atoms with Crippen molar-refractivity contribution in [1.29, 1.82) is 0 Å². The van der Waals surface area contributed by atoms with E-state index in [0.717, 1.165) is 42.5 Å². The van der Waals surface area contributed by atoms with Gasteiger partial charge in [-0.3, -0.25) is 4.79 Å². The SMILES string of the molecule is Cc1cccc(C)c1NC(=O)c1cc(S(=O)(=O)N2CCCCC2)ccc1F. The Bertz CT molecular complexity index is 947. The number of aryl methyl sites for hydroxylation is 2. The third kappa shape index (κ3) is 4.04. The van der Waals surface area contributed by atoms with Gasteiger partial charge >= 0.3 is 0 Å². The molecule has 3 rings (SSSR count). The number of nitrogens with one attached hydrogen (secondary N) is 1. The summed E-state index contributed by atoms with van der Waals surface area (Å²) < 4.78 is 41.3. The lowest BCUT2D eigenvalue weighted by Crippen LogP contribution is -2.35. The molecule has 0 bridgehead atoms. The number of hydrogen-bond acceptors (Lipinski definition) is 3. The van der Waals surface area contributed by atoms with Gasteiger partial charge in [-0.25, -0.2) is 12.8 Å². The van der Waals surface area contributed by atoms with Crippen molar-refractivity contribution in [3.63, 3.8) is 0 Å². The van der Waals surface area contributed by atoms with E-state index in [1.54, 1.807) is 0 Å². The maximum atomic E-state index is 14.3. The van der Waals surface area contributed by atoms with Crippen molar-refractivity contribution in [2.75, 3.05) is 18.4 Å². The summed E-state index contributed by atoms with van der Waals surface area (Å²) in [4.78, 5) is 12.6. The molecule has 1 N–H and O–H groups in total. The highest BCUT2D eigenvalue weighted by Crippen LogP contribution is 2.24. The fourth-order valence-electron chi connectivity index (χ4n) is 3.29. The van der Waals surface area contributed by atoms with Crippen LogP contribution < -0.4 is 5.32 Å². The van der Waals surface area contributed by atoms with Crippen LogP contribution >= 0.6 is 0 Å². The van der Waals surface area contributed by atoms with Crippen molar-refractivity contribution in [3.8, 4) is 0 Å². The molecule has 0 unspecified atom stereocenters. The van der Waals surface area contributed by atoms with Crippen LogP contribution in [0.25, 0.3) is 0 Å². The Morgan fingerprint density at radius 2 is 1.67 bits per heavy atom. The van der Waals surface area contributed by atoms with Gasteiger partial charge in [0.15, 0.2) is 0 Å². The molecule has 144 valence electrons. The average molecular weight is 390 g/mol. The van der Waals surface area contributed by atoms with E-state index in [2.05, 4.69) is 5.32 Å². The van der Waals surface area contributed by atoms with Gasteiger partial charge in [-0.1, -0.05) is 24.6 Å². The molecule has 0 aliphatic carbocycles. The summed E-state index contributed by atoms with van der Waals surface area (Å²) in [6.45, 7) is 4.58. The highest BCUT2D eigenvalue weighted by Gasteiger charge is 2.27. The van der Waals surface area contributed by atoms with Crippen LogP contribution in [0, 0.1) is 19.7 Å². The van der Waals surface area contributed by atoms with Gasteiger partial charge in [-0.05, 0) is 56.0 Å². The number of hydrogen-bond donors (Lipinski definition) is 1. The molecule has 2 aromatic rings. The number of para-hydroxylation sites is 1. The number of anilines is 1. The molecule has 1 amide bonds. The lowest BCUT2D eigenvalue weighted by atomic mass is 10.1. The summed E-state index contributed by atoms with van der Waals surface area (Å²) >= 11 is 0. The van der Waals surface area contributed by atoms with Crippen molar-refractivity contribution in [1.82, 2.24) is 4.31 Å². The molecule has 2 aromatic carbocycles.